The molecule has 0 saturated carbocycles. The van der Waals surface area contributed by atoms with Gasteiger partial charge in [0.05, 0.1) is 28.8 Å². The van der Waals surface area contributed by atoms with Crippen molar-refractivity contribution in [1.82, 2.24) is 9.78 Å². The average Bonchev–Trinajstić information content (AvgIpc) is 3.34. The summed E-state index contributed by atoms with van der Waals surface area (Å²) in [4.78, 5) is 12.8. The highest BCUT2D eigenvalue weighted by molar-refractivity contribution is 6.51. The first-order chi connectivity index (χ1) is 20.7. The number of fused-ring (bicyclic) bond motifs is 4. The summed E-state index contributed by atoms with van der Waals surface area (Å²) in [6.07, 6.45) is 0. The first-order valence-electron chi connectivity index (χ1n) is 14.8. The van der Waals surface area contributed by atoms with Crippen molar-refractivity contribution in [2.75, 3.05) is 10.2 Å². The molecule has 0 fully saturated rings. The van der Waals surface area contributed by atoms with Gasteiger partial charge >= 0.3 is 0 Å². The van der Waals surface area contributed by atoms with Gasteiger partial charge in [-0.15, -0.1) is 0 Å². The number of rotatable bonds is 3. The van der Waals surface area contributed by atoms with Crippen molar-refractivity contribution in [1.29, 1.82) is 0 Å². The van der Waals surface area contributed by atoms with Crippen LogP contribution in [0.3, 0.4) is 0 Å². The first-order valence-corrected chi connectivity index (χ1v) is 14.8. The highest BCUT2D eigenvalue weighted by Crippen LogP contribution is 2.48. The summed E-state index contributed by atoms with van der Waals surface area (Å²) in [5.74, 6) is 2.31. The number of hydrogen-bond donors (Lipinski definition) is 1. The molecule has 6 nitrogen and oxygen atoms in total. The third-order valence-corrected chi connectivity index (χ3v) is 8.50. The van der Waals surface area contributed by atoms with Crippen molar-refractivity contribution < 1.29 is 0 Å². The molecule has 4 aromatic carbocycles. The van der Waals surface area contributed by atoms with Gasteiger partial charge in [-0.3, -0.25) is 0 Å². The molecule has 0 spiro atoms. The second-order valence-corrected chi connectivity index (χ2v) is 12.5. The standard InChI is InChI=1S/C37H36N6/c1-23-16-21-28(22-24(23)2)38-34-36-40-35-32(25(3)41-43(35)29-12-8-7-9-13-29)33(26-17-19-27(20-18-26)37(4,5)6)42(36)31-15-11-10-14-30(31)39-34/h7-22,33H,1-6H3,(H,38,39)/t33-/m1/s1. The van der Waals surface area contributed by atoms with E-state index in [1.807, 2.05) is 28.9 Å². The first kappa shape index (κ1) is 26.9. The molecule has 2 aliphatic heterocycles. The minimum absolute atomic E-state index is 0.0601. The Morgan fingerprint density at radius 3 is 2.19 bits per heavy atom. The van der Waals surface area contributed by atoms with Crippen LogP contribution in [0.25, 0.3) is 5.69 Å². The van der Waals surface area contributed by atoms with E-state index in [4.69, 9.17) is 15.1 Å². The Kier molecular flexibility index (Phi) is 6.31. The predicted molar refractivity (Wildman–Crippen MR) is 178 cm³/mol. The van der Waals surface area contributed by atoms with Gasteiger partial charge in [0.1, 0.15) is 0 Å². The number of anilines is 2. The Bertz CT molecular complexity index is 1910. The van der Waals surface area contributed by atoms with E-state index < -0.39 is 0 Å². The maximum absolute atomic E-state index is 5.36. The minimum Gasteiger partial charge on any atom is -0.337 e. The van der Waals surface area contributed by atoms with E-state index in [2.05, 4.69) is 125 Å². The third-order valence-electron chi connectivity index (χ3n) is 8.50. The van der Waals surface area contributed by atoms with Gasteiger partial charge in [-0.2, -0.15) is 5.10 Å². The largest absolute Gasteiger partial charge is 0.337 e. The summed E-state index contributed by atoms with van der Waals surface area (Å²) in [6.45, 7) is 13.1. The summed E-state index contributed by atoms with van der Waals surface area (Å²) in [5.41, 5.74) is 10.9. The second-order valence-electron chi connectivity index (χ2n) is 12.5. The monoisotopic (exact) mass is 564 g/mol. The van der Waals surface area contributed by atoms with E-state index in [0.717, 1.165) is 45.7 Å². The average molecular weight is 565 g/mol. The second kappa shape index (κ2) is 10.1. The Morgan fingerprint density at radius 2 is 1.47 bits per heavy atom. The molecule has 0 saturated heterocycles. The summed E-state index contributed by atoms with van der Waals surface area (Å²) in [5, 5.41) is 8.70. The van der Waals surface area contributed by atoms with Gasteiger partial charge in [0.25, 0.3) is 0 Å². The van der Waals surface area contributed by atoms with Gasteiger partial charge in [0.2, 0.25) is 0 Å². The zero-order valence-electron chi connectivity index (χ0n) is 25.6. The maximum atomic E-state index is 5.36. The van der Waals surface area contributed by atoms with E-state index in [1.54, 1.807) is 0 Å². The summed E-state index contributed by atoms with van der Waals surface area (Å²) in [6, 6.07) is 33.9. The third kappa shape index (κ3) is 4.63. The molecule has 3 heterocycles. The van der Waals surface area contributed by atoms with E-state index in [1.165, 1.54) is 22.3 Å². The number of para-hydroxylation sites is 3. The number of hydrogen-bond acceptors (Lipinski definition) is 5. The van der Waals surface area contributed by atoms with E-state index in [9.17, 15) is 0 Å². The molecule has 0 aliphatic carbocycles. The van der Waals surface area contributed by atoms with Gasteiger partial charge in [0.15, 0.2) is 17.5 Å². The van der Waals surface area contributed by atoms with Crippen molar-refractivity contribution in [3.63, 3.8) is 0 Å². The molecular formula is C37H36N6. The zero-order chi connectivity index (χ0) is 29.9. The zero-order valence-corrected chi connectivity index (χ0v) is 25.6. The summed E-state index contributed by atoms with van der Waals surface area (Å²) in [7, 11) is 0. The smallest absolute Gasteiger partial charge is 0.179 e. The summed E-state index contributed by atoms with van der Waals surface area (Å²) < 4.78 is 1.97. The lowest BCUT2D eigenvalue weighted by Gasteiger charge is -2.40. The fourth-order valence-corrected chi connectivity index (χ4v) is 5.98. The fourth-order valence-electron chi connectivity index (χ4n) is 5.98. The van der Waals surface area contributed by atoms with Gasteiger partial charge in [0, 0.05) is 11.3 Å². The number of benzene rings is 4. The molecule has 1 aromatic heterocycles. The van der Waals surface area contributed by atoms with Crippen LogP contribution in [0.1, 0.15) is 60.3 Å². The van der Waals surface area contributed by atoms with Gasteiger partial charge in [-0.05, 0) is 84.8 Å². The Hall–Kier alpha value is -4.97. The fraction of sp³-hybridized carbons (Fsp3) is 0.216. The van der Waals surface area contributed by atoms with E-state index in [0.29, 0.717) is 5.84 Å². The lowest BCUT2D eigenvalue weighted by atomic mass is 9.85. The van der Waals surface area contributed by atoms with Crippen LogP contribution in [-0.2, 0) is 5.41 Å². The Morgan fingerprint density at radius 1 is 0.744 bits per heavy atom. The van der Waals surface area contributed by atoms with Crippen molar-refractivity contribution in [3.8, 4) is 5.69 Å². The highest BCUT2D eigenvalue weighted by Gasteiger charge is 2.41. The topological polar surface area (TPSA) is 57.8 Å². The van der Waals surface area contributed by atoms with Crippen LogP contribution in [0.2, 0.25) is 0 Å². The molecule has 214 valence electrons. The predicted octanol–water partition coefficient (Wildman–Crippen LogP) is 8.89. The summed E-state index contributed by atoms with van der Waals surface area (Å²) >= 11 is 0. The van der Waals surface area contributed by atoms with Crippen molar-refractivity contribution in [2.45, 2.75) is 53.0 Å². The molecular weight excluding hydrogens is 528 g/mol. The van der Waals surface area contributed by atoms with Crippen molar-refractivity contribution >= 4 is 34.6 Å². The van der Waals surface area contributed by atoms with Crippen LogP contribution in [0, 0.1) is 20.8 Å². The number of aromatic nitrogens is 2. The maximum Gasteiger partial charge on any atom is 0.179 e. The van der Waals surface area contributed by atoms with Crippen LogP contribution in [0.5, 0.6) is 0 Å². The number of aryl methyl sites for hydroxylation is 3. The van der Waals surface area contributed by atoms with Crippen molar-refractivity contribution in [3.05, 3.63) is 131 Å². The van der Waals surface area contributed by atoms with Gasteiger partial charge < -0.3 is 10.2 Å². The minimum atomic E-state index is -0.151. The van der Waals surface area contributed by atoms with Crippen molar-refractivity contribution in [2.24, 2.45) is 9.98 Å². The molecule has 0 bridgehead atoms. The lowest BCUT2D eigenvalue weighted by Crippen LogP contribution is -2.46. The highest BCUT2D eigenvalue weighted by atomic mass is 15.4. The molecule has 0 amide bonds. The van der Waals surface area contributed by atoms with Crippen LogP contribution in [-0.4, -0.2) is 21.5 Å². The number of aliphatic imine (C=N–C) groups is 2. The van der Waals surface area contributed by atoms with Crippen LogP contribution >= 0.6 is 0 Å². The molecule has 43 heavy (non-hydrogen) atoms. The number of amidine groups is 2. The van der Waals surface area contributed by atoms with Gasteiger partial charge in [-0.25, -0.2) is 14.7 Å². The molecule has 1 atom stereocenters. The van der Waals surface area contributed by atoms with Crippen LogP contribution in [0.4, 0.5) is 22.9 Å². The van der Waals surface area contributed by atoms with Gasteiger partial charge in [-0.1, -0.05) is 81.4 Å². The quantitative estimate of drug-likeness (QED) is 0.238. The van der Waals surface area contributed by atoms with Crippen LogP contribution < -0.4 is 10.2 Å². The number of nitrogens with zero attached hydrogens (tertiary/aromatic N) is 5. The molecule has 2 aliphatic rings. The van der Waals surface area contributed by atoms with E-state index >= 15 is 0 Å². The molecule has 7 rings (SSSR count). The molecule has 0 radical (unpaired) electrons. The molecule has 6 heteroatoms. The molecule has 1 N–H and O–H groups in total. The molecule has 5 aromatic rings. The Balaban J connectivity index is 1.47. The Labute approximate surface area is 253 Å². The molecule has 0 unspecified atom stereocenters. The number of nitrogens with one attached hydrogen (secondary N) is 1. The lowest BCUT2D eigenvalue weighted by molar-refractivity contribution is 0.589. The normalized spacial score (nSPS) is 15.7. The van der Waals surface area contributed by atoms with E-state index in [-0.39, 0.29) is 11.5 Å². The van der Waals surface area contributed by atoms with Crippen LogP contribution in [0.15, 0.2) is 107 Å². The SMILES string of the molecule is Cc1ccc(NC2=Nc3ccccc3N3C2=Nc2c(c(C)nn2-c2ccccc2)[C@H]3c2ccc(C(C)(C)C)cc2)cc1C.